The lowest BCUT2D eigenvalue weighted by Gasteiger charge is -1.98. The van der Waals surface area contributed by atoms with Crippen LogP contribution in [0.2, 0.25) is 0 Å². The Labute approximate surface area is 98.3 Å². The highest BCUT2D eigenvalue weighted by molar-refractivity contribution is 14.1. The molecular weight excluding hydrogens is 314 g/mol. The number of benzene rings is 1. The minimum atomic E-state index is -0.238. The SMILES string of the molecule is Cc1ccc(-c2nnc(I)s2)c(F)c1. The molecule has 0 unspecified atom stereocenters. The quantitative estimate of drug-likeness (QED) is 0.754. The molecule has 14 heavy (non-hydrogen) atoms. The van der Waals surface area contributed by atoms with Gasteiger partial charge in [-0.25, -0.2) is 4.39 Å². The van der Waals surface area contributed by atoms with Gasteiger partial charge in [-0.1, -0.05) is 17.4 Å². The third-order valence-corrected chi connectivity index (χ3v) is 3.38. The fraction of sp³-hybridized carbons (Fsp3) is 0.111. The van der Waals surface area contributed by atoms with Crippen LogP contribution in [0.25, 0.3) is 10.6 Å². The predicted octanol–water partition coefficient (Wildman–Crippen LogP) is 3.26. The average Bonchev–Trinajstić information content (AvgIpc) is 2.51. The first-order valence-corrected chi connectivity index (χ1v) is 5.82. The van der Waals surface area contributed by atoms with Gasteiger partial charge in [0.05, 0.1) is 0 Å². The van der Waals surface area contributed by atoms with Crippen LogP contribution in [0.15, 0.2) is 18.2 Å². The Morgan fingerprint density at radius 3 is 2.71 bits per heavy atom. The molecule has 0 N–H and O–H groups in total. The topological polar surface area (TPSA) is 25.8 Å². The second-order valence-electron chi connectivity index (χ2n) is 2.84. The molecule has 0 aliphatic carbocycles. The molecule has 0 radical (unpaired) electrons. The molecule has 0 atom stereocenters. The van der Waals surface area contributed by atoms with Gasteiger partial charge >= 0.3 is 0 Å². The molecule has 0 aliphatic heterocycles. The Kier molecular flexibility index (Phi) is 2.78. The van der Waals surface area contributed by atoms with E-state index in [9.17, 15) is 4.39 Å². The number of halogens is 2. The van der Waals surface area contributed by atoms with Gasteiger partial charge < -0.3 is 0 Å². The summed E-state index contributed by atoms with van der Waals surface area (Å²) in [5.74, 6) is -0.238. The van der Waals surface area contributed by atoms with Crippen molar-refractivity contribution >= 4 is 33.9 Å². The van der Waals surface area contributed by atoms with Crippen molar-refractivity contribution in [1.82, 2.24) is 10.2 Å². The van der Waals surface area contributed by atoms with Gasteiger partial charge in [-0.2, -0.15) is 0 Å². The van der Waals surface area contributed by atoms with Crippen LogP contribution in [0.5, 0.6) is 0 Å². The maximum Gasteiger partial charge on any atom is 0.178 e. The number of aryl methyl sites for hydroxylation is 1. The molecule has 0 bridgehead atoms. The van der Waals surface area contributed by atoms with E-state index in [0.717, 1.165) is 8.58 Å². The first kappa shape index (κ1) is 9.97. The summed E-state index contributed by atoms with van der Waals surface area (Å²) in [5.41, 5.74) is 1.43. The summed E-state index contributed by atoms with van der Waals surface area (Å²) in [6, 6.07) is 5.11. The second-order valence-corrected chi connectivity index (χ2v) is 5.57. The van der Waals surface area contributed by atoms with Crippen molar-refractivity contribution in [3.8, 4) is 10.6 Å². The summed E-state index contributed by atoms with van der Waals surface area (Å²) >= 11 is 3.45. The zero-order valence-electron chi connectivity index (χ0n) is 7.29. The van der Waals surface area contributed by atoms with Gasteiger partial charge in [0.25, 0.3) is 0 Å². The van der Waals surface area contributed by atoms with Crippen molar-refractivity contribution in [3.05, 3.63) is 32.6 Å². The highest BCUT2D eigenvalue weighted by Gasteiger charge is 2.09. The van der Waals surface area contributed by atoms with E-state index in [2.05, 4.69) is 32.8 Å². The van der Waals surface area contributed by atoms with Crippen LogP contribution in [0, 0.1) is 15.8 Å². The number of hydrogen-bond acceptors (Lipinski definition) is 3. The molecule has 2 aromatic rings. The van der Waals surface area contributed by atoms with Crippen molar-refractivity contribution in [3.63, 3.8) is 0 Å². The van der Waals surface area contributed by atoms with Crippen LogP contribution < -0.4 is 0 Å². The molecule has 2 nitrogen and oxygen atoms in total. The van der Waals surface area contributed by atoms with Crippen LogP contribution >= 0.6 is 33.9 Å². The van der Waals surface area contributed by atoms with Gasteiger partial charge in [-0.05, 0) is 47.2 Å². The van der Waals surface area contributed by atoms with Crippen molar-refractivity contribution in [2.75, 3.05) is 0 Å². The normalized spacial score (nSPS) is 10.5. The molecule has 2 rings (SSSR count). The van der Waals surface area contributed by atoms with E-state index in [1.54, 1.807) is 6.07 Å². The summed E-state index contributed by atoms with van der Waals surface area (Å²) in [6.45, 7) is 1.86. The first-order valence-electron chi connectivity index (χ1n) is 3.92. The molecule has 0 amide bonds. The Morgan fingerprint density at radius 1 is 1.36 bits per heavy atom. The third kappa shape index (κ3) is 1.93. The highest BCUT2D eigenvalue weighted by Crippen LogP contribution is 2.26. The second kappa shape index (κ2) is 3.90. The summed E-state index contributed by atoms with van der Waals surface area (Å²) < 4.78 is 14.3. The van der Waals surface area contributed by atoms with Gasteiger partial charge in [0, 0.05) is 5.56 Å². The van der Waals surface area contributed by atoms with Crippen molar-refractivity contribution in [1.29, 1.82) is 0 Å². The Bertz CT molecular complexity index is 470. The smallest absolute Gasteiger partial charge is 0.178 e. The van der Waals surface area contributed by atoms with Crippen LogP contribution in [0.1, 0.15) is 5.56 Å². The maximum atomic E-state index is 13.5. The fourth-order valence-corrected chi connectivity index (χ4v) is 2.44. The Hall–Kier alpha value is -0.560. The minimum Gasteiger partial charge on any atom is -0.206 e. The van der Waals surface area contributed by atoms with E-state index in [1.165, 1.54) is 17.4 Å². The first-order chi connectivity index (χ1) is 6.66. The van der Waals surface area contributed by atoms with E-state index < -0.39 is 0 Å². The van der Waals surface area contributed by atoms with Crippen molar-refractivity contribution < 1.29 is 4.39 Å². The monoisotopic (exact) mass is 320 g/mol. The van der Waals surface area contributed by atoms with E-state index in [-0.39, 0.29) is 5.82 Å². The number of hydrogen-bond donors (Lipinski definition) is 0. The Morgan fingerprint density at radius 2 is 2.14 bits per heavy atom. The van der Waals surface area contributed by atoms with E-state index >= 15 is 0 Å². The molecule has 0 aliphatic rings. The molecule has 1 aromatic carbocycles. The van der Waals surface area contributed by atoms with Crippen LogP contribution in [0.3, 0.4) is 0 Å². The van der Waals surface area contributed by atoms with E-state index in [4.69, 9.17) is 0 Å². The standard InChI is InChI=1S/C9H6FIN2S/c1-5-2-3-6(7(10)4-5)8-12-13-9(11)14-8/h2-4H,1H3. The van der Waals surface area contributed by atoms with Gasteiger partial charge in [-0.15, -0.1) is 10.2 Å². The van der Waals surface area contributed by atoms with Crippen molar-refractivity contribution in [2.24, 2.45) is 0 Å². The lowest BCUT2D eigenvalue weighted by atomic mass is 10.1. The van der Waals surface area contributed by atoms with Gasteiger partial charge in [0.2, 0.25) is 0 Å². The third-order valence-electron chi connectivity index (χ3n) is 1.76. The summed E-state index contributed by atoms with van der Waals surface area (Å²) in [6.07, 6.45) is 0. The fourth-order valence-electron chi connectivity index (χ4n) is 1.11. The van der Waals surface area contributed by atoms with E-state index in [0.29, 0.717) is 10.6 Å². The summed E-state index contributed by atoms with van der Waals surface area (Å²) in [7, 11) is 0. The Balaban J connectivity index is 2.52. The lowest BCUT2D eigenvalue weighted by molar-refractivity contribution is 0.630. The van der Waals surface area contributed by atoms with Crippen molar-refractivity contribution in [2.45, 2.75) is 6.92 Å². The molecule has 1 aromatic heterocycles. The zero-order chi connectivity index (χ0) is 10.1. The molecule has 5 heteroatoms. The number of nitrogens with zero attached hydrogens (tertiary/aromatic N) is 2. The number of aromatic nitrogens is 2. The van der Waals surface area contributed by atoms with Gasteiger partial charge in [0.15, 0.2) is 8.02 Å². The molecule has 72 valence electrons. The van der Waals surface area contributed by atoms with Crippen LogP contribution in [-0.2, 0) is 0 Å². The maximum absolute atomic E-state index is 13.5. The largest absolute Gasteiger partial charge is 0.206 e. The number of rotatable bonds is 1. The van der Waals surface area contributed by atoms with Crippen LogP contribution in [0.4, 0.5) is 4.39 Å². The highest BCUT2D eigenvalue weighted by atomic mass is 127. The molecule has 0 saturated carbocycles. The minimum absolute atomic E-state index is 0.238. The lowest BCUT2D eigenvalue weighted by Crippen LogP contribution is -1.84. The molecular formula is C9H6FIN2S. The molecule has 0 spiro atoms. The summed E-state index contributed by atoms with van der Waals surface area (Å²) in [5, 5.41) is 8.37. The molecule has 0 fully saturated rings. The average molecular weight is 320 g/mol. The molecule has 1 heterocycles. The van der Waals surface area contributed by atoms with Crippen LogP contribution in [-0.4, -0.2) is 10.2 Å². The zero-order valence-corrected chi connectivity index (χ0v) is 10.3. The van der Waals surface area contributed by atoms with Gasteiger partial charge in [0.1, 0.15) is 5.82 Å². The summed E-state index contributed by atoms with van der Waals surface area (Å²) in [4.78, 5) is 0. The van der Waals surface area contributed by atoms with Gasteiger partial charge in [-0.3, -0.25) is 0 Å². The van der Waals surface area contributed by atoms with E-state index in [1.807, 2.05) is 13.0 Å². The predicted molar refractivity (Wildman–Crippen MR) is 62.8 cm³/mol. The molecule has 0 saturated heterocycles.